The maximum Gasteiger partial charge on any atom is 0.255 e. The summed E-state index contributed by atoms with van der Waals surface area (Å²) in [7, 11) is -1.42. The van der Waals surface area contributed by atoms with Gasteiger partial charge in [0.15, 0.2) is 0 Å². The van der Waals surface area contributed by atoms with Crippen LogP contribution in [0.5, 0.6) is 0 Å². The average Bonchev–Trinajstić information content (AvgIpc) is 3.20. The third-order valence-electron chi connectivity index (χ3n) is 5.24. The van der Waals surface area contributed by atoms with E-state index in [0.717, 1.165) is 61.0 Å². The number of aromatic nitrogens is 2. The van der Waals surface area contributed by atoms with Crippen LogP contribution in [0.4, 0.5) is 5.69 Å². The number of carbonyl (C=O) groups is 1. The summed E-state index contributed by atoms with van der Waals surface area (Å²) in [5, 5.41) is -0.272. The van der Waals surface area contributed by atoms with Gasteiger partial charge in [-0.25, -0.2) is 4.21 Å². The number of rotatable bonds is 4. The van der Waals surface area contributed by atoms with Crippen LogP contribution < -0.4 is 4.72 Å². The molecule has 32 heavy (non-hydrogen) atoms. The van der Waals surface area contributed by atoms with Crippen LogP contribution >= 0.6 is 11.7 Å². The fraction of sp³-hybridized carbons (Fsp3) is 0.542. The number of amides is 1. The summed E-state index contributed by atoms with van der Waals surface area (Å²) in [5.74, 6) is 0.0102. The van der Waals surface area contributed by atoms with Gasteiger partial charge in [0.2, 0.25) is 0 Å². The normalized spacial score (nSPS) is 18.2. The Hall–Kier alpha value is -2.06. The molecule has 1 N–H and O–H groups in total. The number of carbonyl (C=O) groups excluding carboxylic acids is 1. The van der Waals surface area contributed by atoms with Crippen molar-refractivity contribution in [3.63, 3.8) is 0 Å². The molecule has 8 heteroatoms. The van der Waals surface area contributed by atoms with Gasteiger partial charge < -0.3 is 9.62 Å². The third kappa shape index (κ3) is 6.48. The van der Waals surface area contributed by atoms with Gasteiger partial charge in [0.1, 0.15) is 16.2 Å². The smallest absolute Gasteiger partial charge is 0.255 e. The maximum absolute atomic E-state index is 13.2. The zero-order valence-electron chi connectivity index (χ0n) is 19.9. The van der Waals surface area contributed by atoms with E-state index in [1.807, 2.05) is 63.8 Å². The van der Waals surface area contributed by atoms with Gasteiger partial charge in [0, 0.05) is 19.5 Å². The average molecular weight is 477 g/mol. The summed E-state index contributed by atoms with van der Waals surface area (Å²) in [4.78, 5) is 15.0. The molecule has 6 nitrogen and oxygen atoms in total. The Labute approximate surface area is 199 Å². The van der Waals surface area contributed by atoms with Gasteiger partial charge in [0.25, 0.3) is 5.91 Å². The molecule has 2 aromatic rings. The number of allylic oxidation sites excluding steroid dienone is 2. The minimum absolute atomic E-state index is 0.0102. The first kappa shape index (κ1) is 26.2. The summed E-state index contributed by atoms with van der Waals surface area (Å²) in [5.41, 5.74) is 3.94. The highest BCUT2D eigenvalue weighted by Gasteiger charge is 2.28. The van der Waals surface area contributed by atoms with Gasteiger partial charge in [-0.1, -0.05) is 45.9 Å². The van der Waals surface area contributed by atoms with Crippen LogP contribution in [0.1, 0.15) is 85.9 Å². The number of nitrogens with one attached hydrogen (secondary N) is 1. The standard InChI is InChI=1S/C20H24N4O2S2.2C2H6/c1-14-9-10-15(20(25)24-11-5-2-6-12-24)17(13-14)23-28(26)18-8-4-3-7-16-19(18)22-27-21-16;2*1-2/h3-4,9-10,13,18,23H,2,5-8,11-12H2,1H3;2*1-2H3. The monoisotopic (exact) mass is 476 g/mol. The second kappa shape index (κ2) is 13.5. The van der Waals surface area contributed by atoms with Gasteiger partial charge in [-0.15, -0.1) is 0 Å². The van der Waals surface area contributed by atoms with E-state index in [1.165, 1.54) is 6.42 Å². The van der Waals surface area contributed by atoms with Gasteiger partial charge in [-0.2, -0.15) is 8.75 Å². The molecule has 4 rings (SSSR count). The lowest BCUT2D eigenvalue weighted by Crippen LogP contribution is -2.36. The van der Waals surface area contributed by atoms with Crippen LogP contribution in [0, 0.1) is 6.92 Å². The molecule has 1 aromatic carbocycles. The van der Waals surface area contributed by atoms with Crippen LogP contribution in [0.3, 0.4) is 0 Å². The molecule has 0 radical (unpaired) electrons. The quantitative estimate of drug-likeness (QED) is 0.562. The fourth-order valence-electron chi connectivity index (χ4n) is 3.69. The van der Waals surface area contributed by atoms with Gasteiger partial charge in [-0.05, 0) is 50.3 Å². The van der Waals surface area contributed by atoms with Crippen LogP contribution in [-0.4, -0.2) is 36.9 Å². The molecule has 0 bridgehead atoms. The van der Waals surface area contributed by atoms with Gasteiger partial charge >= 0.3 is 0 Å². The first-order chi connectivity index (χ1) is 15.6. The number of nitrogens with zero attached hydrogens (tertiary/aromatic N) is 3. The molecule has 0 spiro atoms. The summed E-state index contributed by atoms with van der Waals surface area (Å²) in [6.07, 6.45) is 8.71. The highest BCUT2D eigenvalue weighted by Crippen LogP contribution is 2.31. The van der Waals surface area contributed by atoms with Gasteiger partial charge in [0.05, 0.1) is 34.4 Å². The number of hydrogen-bond acceptors (Lipinski definition) is 5. The van der Waals surface area contributed by atoms with Crippen molar-refractivity contribution in [1.29, 1.82) is 0 Å². The summed E-state index contributed by atoms with van der Waals surface area (Å²) < 4.78 is 25.1. The van der Waals surface area contributed by atoms with E-state index >= 15 is 0 Å². The summed E-state index contributed by atoms with van der Waals surface area (Å²) >= 11 is 1.16. The SMILES string of the molecule is CC.CC.Cc1ccc(C(=O)N2CCCCC2)c(NS(=O)C2CC=CCc3nsnc32)c1. The molecule has 1 aromatic heterocycles. The molecular weight excluding hydrogens is 440 g/mol. The molecule has 1 aliphatic carbocycles. The van der Waals surface area contributed by atoms with Crippen LogP contribution in [0.15, 0.2) is 30.4 Å². The number of piperidine rings is 1. The lowest BCUT2D eigenvalue weighted by Gasteiger charge is -2.27. The number of likely N-dealkylation sites (tertiary alicyclic amines) is 1. The Morgan fingerprint density at radius 3 is 2.53 bits per heavy atom. The number of hydrogen-bond donors (Lipinski definition) is 1. The molecule has 1 aliphatic heterocycles. The van der Waals surface area contributed by atoms with Crippen molar-refractivity contribution in [2.75, 3.05) is 17.8 Å². The molecule has 2 atom stereocenters. The van der Waals surface area contributed by atoms with Crippen LogP contribution in [-0.2, 0) is 17.4 Å². The highest BCUT2D eigenvalue weighted by atomic mass is 32.2. The molecule has 2 aliphatic rings. The van der Waals surface area contributed by atoms with Crippen molar-refractivity contribution in [2.45, 2.75) is 72.0 Å². The van der Waals surface area contributed by atoms with Crippen molar-refractivity contribution in [3.05, 3.63) is 52.9 Å². The van der Waals surface area contributed by atoms with Gasteiger partial charge in [-0.3, -0.25) is 4.79 Å². The topological polar surface area (TPSA) is 75.2 Å². The summed E-state index contributed by atoms with van der Waals surface area (Å²) in [6.45, 7) is 11.5. The molecule has 1 fully saturated rings. The second-order valence-electron chi connectivity index (χ2n) is 7.30. The lowest BCUT2D eigenvalue weighted by atomic mass is 10.1. The minimum Gasteiger partial charge on any atom is -0.339 e. The van der Waals surface area contributed by atoms with E-state index < -0.39 is 11.0 Å². The van der Waals surface area contributed by atoms with Crippen LogP contribution in [0.2, 0.25) is 0 Å². The molecule has 0 saturated carbocycles. The second-order valence-corrected chi connectivity index (χ2v) is 9.19. The number of benzene rings is 1. The van der Waals surface area contributed by atoms with Crippen molar-refractivity contribution in [3.8, 4) is 0 Å². The predicted octanol–water partition coefficient (Wildman–Crippen LogP) is 5.84. The maximum atomic E-state index is 13.2. The third-order valence-corrected chi connectivity index (χ3v) is 7.17. The molecule has 176 valence electrons. The summed E-state index contributed by atoms with van der Waals surface area (Å²) in [6, 6.07) is 5.68. The Kier molecular flexibility index (Phi) is 11.0. The number of anilines is 1. The first-order valence-electron chi connectivity index (χ1n) is 11.7. The van der Waals surface area contributed by atoms with Crippen molar-refractivity contribution < 1.29 is 9.00 Å². The largest absolute Gasteiger partial charge is 0.339 e. The first-order valence-corrected chi connectivity index (χ1v) is 13.6. The molecular formula is C24H36N4O2S2. The zero-order valence-corrected chi connectivity index (χ0v) is 21.5. The molecule has 1 saturated heterocycles. The fourth-order valence-corrected chi connectivity index (χ4v) is 5.59. The molecule has 2 heterocycles. The van der Waals surface area contributed by atoms with E-state index in [4.69, 9.17) is 0 Å². The van der Waals surface area contributed by atoms with Crippen molar-refractivity contribution in [2.24, 2.45) is 0 Å². The minimum atomic E-state index is -1.42. The Balaban J connectivity index is 0.000000860. The lowest BCUT2D eigenvalue weighted by molar-refractivity contribution is 0.0725. The van der Waals surface area contributed by atoms with E-state index in [9.17, 15) is 9.00 Å². The van der Waals surface area contributed by atoms with E-state index in [-0.39, 0.29) is 11.2 Å². The van der Waals surface area contributed by atoms with Crippen LogP contribution in [0.25, 0.3) is 0 Å². The van der Waals surface area contributed by atoms with E-state index in [2.05, 4.69) is 19.5 Å². The molecule has 1 amide bonds. The predicted molar refractivity (Wildman–Crippen MR) is 136 cm³/mol. The Morgan fingerprint density at radius 1 is 1.09 bits per heavy atom. The Bertz CT molecular complexity index is 920. The highest BCUT2D eigenvalue weighted by molar-refractivity contribution is 7.86. The number of aryl methyl sites for hydroxylation is 1. The Morgan fingerprint density at radius 2 is 1.81 bits per heavy atom. The van der Waals surface area contributed by atoms with E-state index in [1.54, 1.807) is 0 Å². The zero-order chi connectivity index (χ0) is 23.5. The van der Waals surface area contributed by atoms with Crippen molar-refractivity contribution >= 4 is 34.3 Å². The number of fused-ring (bicyclic) bond motifs is 1. The van der Waals surface area contributed by atoms with Crippen molar-refractivity contribution in [1.82, 2.24) is 13.6 Å². The van der Waals surface area contributed by atoms with E-state index in [0.29, 0.717) is 17.7 Å². The molecule has 2 unspecified atom stereocenters.